The molecule has 0 N–H and O–H groups in total. The van der Waals surface area contributed by atoms with Crippen molar-refractivity contribution >= 4 is 43.6 Å². The largest absolute Gasteiger partial charge is 0.309 e. The van der Waals surface area contributed by atoms with Crippen LogP contribution in [0.1, 0.15) is 0 Å². The van der Waals surface area contributed by atoms with E-state index < -0.39 is 0 Å². The quantitative estimate of drug-likeness (QED) is 0.152. The molecule has 0 saturated heterocycles. The molecule has 0 unspecified atom stereocenters. The third-order valence-electron chi connectivity index (χ3n) is 13.0. The van der Waals surface area contributed by atoms with Crippen LogP contribution in [-0.4, -0.2) is 34.1 Å². The van der Waals surface area contributed by atoms with Crippen molar-refractivity contribution < 1.29 is 0 Å². The van der Waals surface area contributed by atoms with Crippen LogP contribution < -0.4 is 0 Å². The van der Waals surface area contributed by atoms with Crippen molar-refractivity contribution in [3.05, 3.63) is 237 Å². The molecule has 0 aliphatic carbocycles. The molecule has 13 aromatic rings. The molecule has 0 bridgehead atoms. The molecule has 318 valence electrons. The van der Waals surface area contributed by atoms with Crippen LogP contribution in [-0.2, 0) is 0 Å². The summed E-state index contributed by atoms with van der Waals surface area (Å²) in [5.41, 5.74) is 16.2. The van der Waals surface area contributed by atoms with Gasteiger partial charge in [0.05, 0.1) is 22.1 Å². The molecule has 68 heavy (non-hydrogen) atoms. The fraction of sp³-hybridized carbons (Fsp3) is 0. The second-order valence-corrected chi connectivity index (χ2v) is 17.0. The van der Waals surface area contributed by atoms with Gasteiger partial charge in [-0.1, -0.05) is 133 Å². The molecule has 8 aromatic carbocycles. The standard InChI is InChI=1S/C61H39N7/c1-3-11-40(12-4-1)46-23-25-57-53(37-46)51-15-7-9-17-55(51)67(57)49-35-48(36-50(39-49)68-56-18-10-8-16-52(56)54-38-47(24-26-58(54)68)41-13-5-2-6-14-41)42-19-21-43(22-20-42)59-64-60(44-27-31-62-32-28-44)66-61(65-59)45-29-33-63-34-30-45/h1-39H. The lowest BCUT2D eigenvalue weighted by molar-refractivity contribution is 1.07. The summed E-state index contributed by atoms with van der Waals surface area (Å²) in [6.07, 6.45) is 7.02. The number of fused-ring (bicyclic) bond motifs is 6. The van der Waals surface area contributed by atoms with Crippen LogP contribution in [0.4, 0.5) is 0 Å². The van der Waals surface area contributed by atoms with Crippen LogP contribution >= 0.6 is 0 Å². The number of pyridine rings is 2. The Morgan fingerprint density at radius 3 is 1.04 bits per heavy atom. The van der Waals surface area contributed by atoms with Crippen molar-refractivity contribution in [1.82, 2.24) is 34.1 Å². The highest BCUT2D eigenvalue weighted by molar-refractivity contribution is 6.12. The van der Waals surface area contributed by atoms with Gasteiger partial charge in [-0.15, -0.1) is 0 Å². The molecule has 0 aliphatic heterocycles. The van der Waals surface area contributed by atoms with Crippen molar-refractivity contribution in [1.29, 1.82) is 0 Å². The average molecular weight is 870 g/mol. The molecule has 0 aliphatic rings. The minimum absolute atomic E-state index is 0.578. The SMILES string of the molecule is c1ccc(-c2ccc3c(c2)c2ccccc2n3-c2cc(-c3ccc(-c4nc(-c5ccncc5)nc(-c5ccncc5)n4)cc3)cc(-n3c4ccccc4c4cc(-c5ccccc5)ccc43)c2)cc1. The first-order valence-electron chi connectivity index (χ1n) is 22.7. The number of hydrogen-bond donors (Lipinski definition) is 0. The van der Waals surface area contributed by atoms with Gasteiger partial charge < -0.3 is 9.13 Å². The maximum Gasteiger partial charge on any atom is 0.164 e. The van der Waals surface area contributed by atoms with Gasteiger partial charge in [0.1, 0.15) is 0 Å². The van der Waals surface area contributed by atoms with Gasteiger partial charge in [-0.25, -0.2) is 15.0 Å². The highest BCUT2D eigenvalue weighted by atomic mass is 15.0. The van der Waals surface area contributed by atoms with E-state index in [1.807, 2.05) is 24.3 Å². The highest BCUT2D eigenvalue weighted by Gasteiger charge is 2.19. The molecule has 7 nitrogen and oxygen atoms in total. The van der Waals surface area contributed by atoms with Crippen LogP contribution in [0.2, 0.25) is 0 Å². The number of rotatable bonds is 8. The van der Waals surface area contributed by atoms with Crippen molar-refractivity contribution in [2.24, 2.45) is 0 Å². The first-order valence-corrected chi connectivity index (χ1v) is 22.7. The zero-order valence-electron chi connectivity index (χ0n) is 36.6. The third-order valence-corrected chi connectivity index (χ3v) is 13.0. The van der Waals surface area contributed by atoms with E-state index >= 15 is 0 Å². The Morgan fingerprint density at radius 1 is 0.235 bits per heavy atom. The van der Waals surface area contributed by atoms with Gasteiger partial charge in [-0.05, 0) is 112 Å². The van der Waals surface area contributed by atoms with E-state index in [2.05, 4.69) is 207 Å². The van der Waals surface area contributed by atoms with Crippen LogP contribution in [0.25, 0.3) is 123 Å². The summed E-state index contributed by atoms with van der Waals surface area (Å²) in [7, 11) is 0. The van der Waals surface area contributed by atoms with Crippen LogP contribution in [0.15, 0.2) is 237 Å². The Bertz CT molecular complexity index is 3760. The number of nitrogens with zero attached hydrogens (tertiary/aromatic N) is 7. The van der Waals surface area contributed by atoms with Gasteiger partial charge in [0, 0.05) is 74.4 Å². The van der Waals surface area contributed by atoms with E-state index in [4.69, 9.17) is 15.0 Å². The van der Waals surface area contributed by atoms with E-state index in [1.165, 1.54) is 43.8 Å². The fourth-order valence-electron chi connectivity index (χ4n) is 9.72. The average Bonchev–Trinajstić information content (AvgIpc) is 3.94. The minimum atomic E-state index is 0.578. The summed E-state index contributed by atoms with van der Waals surface area (Å²) in [5, 5.41) is 4.82. The predicted octanol–water partition coefficient (Wildman–Crippen LogP) is 14.9. The number of aromatic nitrogens is 7. The Balaban J connectivity index is 1.01. The van der Waals surface area contributed by atoms with Gasteiger partial charge in [-0.3, -0.25) is 9.97 Å². The van der Waals surface area contributed by atoms with Gasteiger partial charge in [-0.2, -0.15) is 0 Å². The Labute approximate surface area is 392 Å². The van der Waals surface area contributed by atoms with Gasteiger partial charge in [0.15, 0.2) is 17.5 Å². The number of benzene rings is 8. The lowest BCUT2D eigenvalue weighted by Crippen LogP contribution is -2.01. The zero-order valence-corrected chi connectivity index (χ0v) is 36.6. The Kier molecular flexibility index (Phi) is 9.35. The van der Waals surface area contributed by atoms with Gasteiger partial charge >= 0.3 is 0 Å². The minimum Gasteiger partial charge on any atom is -0.309 e. The summed E-state index contributed by atoms with van der Waals surface area (Å²) < 4.78 is 4.85. The van der Waals surface area contributed by atoms with E-state index in [-0.39, 0.29) is 0 Å². The van der Waals surface area contributed by atoms with Crippen molar-refractivity contribution in [3.8, 4) is 78.9 Å². The Hall–Kier alpha value is -9.33. The maximum absolute atomic E-state index is 4.99. The van der Waals surface area contributed by atoms with Crippen molar-refractivity contribution in [2.75, 3.05) is 0 Å². The summed E-state index contributed by atoms with van der Waals surface area (Å²) >= 11 is 0. The van der Waals surface area contributed by atoms with E-state index in [1.54, 1.807) is 24.8 Å². The molecule has 0 atom stereocenters. The molecular weight excluding hydrogens is 831 g/mol. The summed E-state index contributed by atoms with van der Waals surface area (Å²) in [5.74, 6) is 1.74. The zero-order chi connectivity index (χ0) is 45.0. The molecule has 0 radical (unpaired) electrons. The first-order chi connectivity index (χ1) is 33.7. The fourth-order valence-corrected chi connectivity index (χ4v) is 9.72. The maximum atomic E-state index is 4.99. The van der Waals surface area contributed by atoms with E-state index in [0.717, 1.165) is 61.3 Å². The van der Waals surface area contributed by atoms with Gasteiger partial charge in [0.25, 0.3) is 0 Å². The predicted molar refractivity (Wildman–Crippen MR) is 277 cm³/mol. The molecule has 5 heterocycles. The van der Waals surface area contributed by atoms with Crippen molar-refractivity contribution in [3.63, 3.8) is 0 Å². The summed E-state index contributed by atoms with van der Waals surface area (Å²) in [4.78, 5) is 23.3. The smallest absolute Gasteiger partial charge is 0.164 e. The van der Waals surface area contributed by atoms with E-state index in [9.17, 15) is 0 Å². The second kappa shape index (κ2) is 16.3. The monoisotopic (exact) mass is 869 g/mol. The molecular formula is C61H39N7. The third kappa shape index (κ3) is 6.80. The molecule has 0 amide bonds. The number of para-hydroxylation sites is 2. The van der Waals surface area contributed by atoms with Crippen molar-refractivity contribution in [2.45, 2.75) is 0 Å². The topological polar surface area (TPSA) is 74.3 Å². The lowest BCUT2D eigenvalue weighted by Gasteiger charge is -2.16. The molecule has 0 saturated carbocycles. The molecule has 0 spiro atoms. The van der Waals surface area contributed by atoms with Gasteiger partial charge in [0.2, 0.25) is 0 Å². The molecule has 5 aromatic heterocycles. The summed E-state index contributed by atoms with van der Waals surface area (Å²) in [6.45, 7) is 0. The molecule has 13 rings (SSSR count). The second-order valence-electron chi connectivity index (χ2n) is 17.0. The number of hydrogen-bond acceptors (Lipinski definition) is 5. The summed E-state index contributed by atoms with van der Waals surface area (Å²) in [6, 6.07) is 75.7. The lowest BCUT2D eigenvalue weighted by atomic mass is 10.0. The Morgan fingerprint density at radius 2 is 0.588 bits per heavy atom. The first kappa shape index (κ1) is 39.1. The molecule has 0 fully saturated rings. The van der Waals surface area contributed by atoms with Crippen LogP contribution in [0.5, 0.6) is 0 Å². The van der Waals surface area contributed by atoms with Crippen LogP contribution in [0.3, 0.4) is 0 Å². The molecule has 7 heteroatoms. The van der Waals surface area contributed by atoms with E-state index in [0.29, 0.717) is 17.5 Å². The highest BCUT2D eigenvalue weighted by Crippen LogP contribution is 2.40. The normalized spacial score (nSPS) is 11.5. The van der Waals surface area contributed by atoms with Crippen LogP contribution in [0, 0.1) is 0 Å².